The molecule has 9 nitrogen and oxygen atoms in total. The van der Waals surface area contributed by atoms with Crippen LogP contribution in [0.4, 0.5) is 11.5 Å². The highest BCUT2D eigenvalue weighted by atomic mass is 32.1. The summed E-state index contributed by atoms with van der Waals surface area (Å²) >= 11 is 1.66. The number of nitrogens with zero attached hydrogens (tertiary/aromatic N) is 4. The standard InChI is InChI=1S/C30H36N6O3S/c1-36(2)30(38)19-7-8-22-25(14-19)40-29-27(22)28(33-17-34-29)35-23-12-20-15-31-16-21(20)13-24(23)39-10-9-32-26(37)11-18-5-3-4-6-18/h12-13,15,17-19H,3-11,14,16H2,1-2H3,(H,32,37)(H,33,34,35)/t19-/m0/s1. The van der Waals surface area contributed by atoms with Crippen molar-refractivity contribution in [3.05, 3.63) is 40.0 Å². The van der Waals surface area contributed by atoms with E-state index in [2.05, 4.69) is 31.7 Å². The Morgan fingerprint density at radius 1 is 1.15 bits per heavy atom. The van der Waals surface area contributed by atoms with E-state index in [1.807, 2.05) is 26.4 Å². The molecule has 40 heavy (non-hydrogen) atoms. The molecule has 1 aromatic carbocycles. The molecule has 1 atom stereocenters. The molecule has 2 N–H and O–H groups in total. The third-order valence-corrected chi connectivity index (χ3v) is 9.41. The van der Waals surface area contributed by atoms with Crippen molar-refractivity contribution in [2.24, 2.45) is 16.8 Å². The molecule has 0 saturated heterocycles. The number of hydrogen-bond donors (Lipinski definition) is 2. The van der Waals surface area contributed by atoms with Crippen LogP contribution in [0.1, 0.15) is 60.1 Å². The average molecular weight is 561 g/mol. The third-order valence-electron chi connectivity index (χ3n) is 8.25. The second-order valence-electron chi connectivity index (χ2n) is 11.3. The molecule has 1 fully saturated rings. The summed E-state index contributed by atoms with van der Waals surface area (Å²) in [5, 5.41) is 7.58. The average Bonchev–Trinajstić information content (AvgIpc) is 3.70. The van der Waals surface area contributed by atoms with Crippen molar-refractivity contribution in [2.75, 3.05) is 32.6 Å². The van der Waals surface area contributed by atoms with Crippen LogP contribution in [0.3, 0.4) is 0 Å². The van der Waals surface area contributed by atoms with Gasteiger partial charge in [0.05, 0.1) is 24.2 Å². The summed E-state index contributed by atoms with van der Waals surface area (Å²) in [5.41, 5.74) is 4.22. The lowest BCUT2D eigenvalue weighted by Crippen LogP contribution is -2.32. The summed E-state index contributed by atoms with van der Waals surface area (Å²) in [6.07, 6.45) is 11.3. The van der Waals surface area contributed by atoms with E-state index in [1.54, 1.807) is 22.6 Å². The van der Waals surface area contributed by atoms with Gasteiger partial charge in [0, 0.05) is 37.5 Å². The monoisotopic (exact) mass is 560 g/mol. The number of carbonyl (C=O) groups excluding carboxylic acids is 2. The molecule has 2 amide bonds. The van der Waals surface area contributed by atoms with Crippen LogP contribution in [0.25, 0.3) is 10.2 Å². The van der Waals surface area contributed by atoms with Crippen LogP contribution in [0.2, 0.25) is 0 Å². The first-order valence-electron chi connectivity index (χ1n) is 14.3. The highest BCUT2D eigenvalue weighted by molar-refractivity contribution is 7.19. The Labute approximate surface area is 238 Å². The fourth-order valence-corrected chi connectivity index (χ4v) is 7.43. The van der Waals surface area contributed by atoms with Gasteiger partial charge in [-0.1, -0.05) is 12.8 Å². The number of rotatable bonds is 9. The van der Waals surface area contributed by atoms with Crippen LogP contribution in [0, 0.1) is 11.8 Å². The smallest absolute Gasteiger partial charge is 0.225 e. The van der Waals surface area contributed by atoms with E-state index in [0.717, 1.165) is 65.0 Å². The Hall–Kier alpha value is -3.53. The van der Waals surface area contributed by atoms with Gasteiger partial charge in [-0.05, 0) is 66.8 Å². The highest BCUT2D eigenvalue weighted by Crippen LogP contribution is 2.42. The molecule has 6 rings (SSSR count). The number of fused-ring (bicyclic) bond motifs is 4. The molecule has 0 bridgehead atoms. The summed E-state index contributed by atoms with van der Waals surface area (Å²) in [6, 6.07) is 4.09. The van der Waals surface area contributed by atoms with Gasteiger partial charge in [-0.3, -0.25) is 14.6 Å². The van der Waals surface area contributed by atoms with Gasteiger partial charge in [0.2, 0.25) is 11.8 Å². The maximum absolute atomic E-state index is 12.6. The molecule has 3 heterocycles. The lowest BCUT2D eigenvalue weighted by atomic mass is 9.87. The van der Waals surface area contributed by atoms with Gasteiger partial charge in [0.25, 0.3) is 0 Å². The van der Waals surface area contributed by atoms with Crippen molar-refractivity contribution >= 4 is 51.1 Å². The number of nitrogens with one attached hydrogen (secondary N) is 2. The SMILES string of the molecule is CN(C)C(=O)[C@H]1CCc2c(sc3ncnc(Nc4cc5c(cc4OCCNC(=O)CC4CCCC4)CN=C5)c23)C1. The van der Waals surface area contributed by atoms with Crippen molar-refractivity contribution in [1.82, 2.24) is 20.2 Å². The molecule has 0 unspecified atom stereocenters. The second kappa shape index (κ2) is 11.5. The summed E-state index contributed by atoms with van der Waals surface area (Å²) in [5.74, 6) is 2.28. The lowest BCUT2D eigenvalue weighted by Gasteiger charge is -2.24. The van der Waals surface area contributed by atoms with Crippen molar-refractivity contribution in [1.29, 1.82) is 0 Å². The lowest BCUT2D eigenvalue weighted by molar-refractivity contribution is -0.133. The number of aryl methyl sites for hydroxylation is 1. The molecule has 210 valence electrons. The molecule has 0 radical (unpaired) electrons. The molecule has 1 aliphatic heterocycles. The van der Waals surface area contributed by atoms with Crippen LogP contribution in [0.5, 0.6) is 5.75 Å². The van der Waals surface area contributed by atoms with Crippen molar-refractivity contribution in [3.8, 4) is 5.75 Å². The van der Waals surface area contributed by atoms with E-state index in [-0.39, 0.29) is 17.7 Å². The second-order valence-corrected chi connectivity index (χ2v) is 12.4. The minimum atomic E-state index is 0.00888. The number of amides is 2. The molecule has 2 aromatic heterocycles. The van der Waals surface area contributed by atoms with Crippen LogP contribution in [0.15, 0.2) is 23.5 Å². The number of thiophene rings is 1. The molecule has 2 aliphatic carbocycles. The van der Waals surface area contributed by atoms with Crippen LogP contribution in [-0.4, -0.2) is 60.1 Å². The Balaban J connectivity index is 1.19. The van der Waals surface area contributed by atoms with Crippen molar-refractivity contribution < 1.29 is 14.3 Å². The summed E-state index contributed by atoms with van der Waals surface area (Å²) in [7, 11) is 3.64. The van der Waals surface area contributed by atoms with E-state index in [9.17, 15) is 9.59 Å². The van der Waals surface area contributed by atoms with Crippen LogP contribution < -0.4 is 15.4 Å². The van der Waals surface area contributed by atoms with E-state index >= 15 is 0 Å². The van der Waals surface area contributed by atoms with E-state index in [1.165, 1.54) is 23.3 Å². The maximum Gasteiger partial charge on any atom is 0.225 e. The summed E-state index contributed by atoms with van der Waals surface area (Å²) in [4.78, 5) is 42.4. The first kappa shape index (κ1) is 26.7. The van der Waals surface area contributed by atoms with Gasteiger partial charge in [0.1, 0.15) is 29.3 Å². The van der Waals surface area contributed by atoms with Gasteiger partial charge in [-0.15, -0.1) is 11.3 Å². The molecule has 1 saturated carbocycles. The Morgan fingerprint density at radius 2 is 2.00 bits per heavy atom. The fourth-order valence-electron chi connectivity index (χ4n) is 6.16. The van der Waals surface area contributed by atoms with E-state index < -0.39 is 0 Å². The number of aliphatic imine (C=N–C) groups is 1. The minimum Gasteiger partial charge on any atom is -0.490 e. The zero-order valence-corrected chi connectivity index (χ0v) is 24.0. The molecule has 0 spiro atoms. The van der Waals surface area contributed by atoms with Crippen molar-refractivity contribution in [3.63, 3.8) is 0 Å². The first-order chi connectivity index (χ1) is 19.5. The van der Waals surface area contributed by atoms with Crippen molar-refractivity contribution in [2.45, 2.75) is 57.9 Å². The molecular weight excluding hydrogens is 524 g/mol. The zero-order valence-electron chi connectivity index (χ0n) is 23.2. The number of hydrogen-bond acceptors (Lipinski definition) is 8. The Kier molecular flexibility index (Phi) is 7.69. The van der Waals surface area contributed by atoms with Gasteiger partial charge in [0.15, 0.2) is 0 Å². The molecule has 3 aromatic rings. The van der Waals surface area contributed by atoms with E-state index in [4.69, 9.17) is 4.74 Å². The maximum atomic E-state index is 12.6. The quantitative estimate of drug-likeness (QED) is 0.369. The fraction of sp³-hybridized carbons (Fsp3) is 0.500. The van der Waals surface area contributed by atoms with Gasteiger partial charge < -0.3 is 20.3 Å². The number of aromatic nitrogens is 2. The predicted octanol–water partition coefficient (Wildman–Crippen LogP) is 4.64. The van der Waals surface area contributed by atoms with Gasteiger partial charge >= 0.3 is 0 Å². The Bertz CT molecular complexity index is 1460. The Morgan fingerprint density at radius 3 is 2.83 bits per heavy atom. The zero-order chi connectivity index (χ0) is 27.6. The first-order valence-corrected chi connectivity index (χ1v) is 15.1. The number of carbonyl (C=O) groups is 2. The topological polar surface area (TPSA) is 109 Å². The van der Waals surface area contributed by atoms with Gasteiger partial charge in [-0.2, -0.15) is 0 Å². The van der Waals surface area contributed by atoms with E-state index in [0.29, 0.717) is 37.8 Å². The minimum absolute atomic E-state index is 0.00888. The van der Waals surface area contributed by atoms with Gasteiger partial charge in [-0.25, -0.2) is 9.97 Å². The number of anilines is 2. The predicted molar refractivity (Wildman–Crippen MR) is 158 cm³/mol. The summed E-state index contributed by atoms with van der Waals surface area (Å²) < 4.78 is 6.21. The normalized spacial score (nSPS) is 18.0. The molecule has 3 aliphatic rings. The third kappa shape index (κ3) is 5.54. The molecular formula is C30H36N6O3S. The largest absolute Gasteiger partial charge is 0.490 e. The molecule has 10 heteroatoms. The summed E-state index contributed by atoms with van der Waals surface area (Å²) in [6.45, 7) is 1.47. The van der Waals surface area contributed by atoms with Crippen LogP contribution >= 0.6 is 11.3 Å². The highest BCUT2D eigenvalue weighted by Gasteiger charge is 2.30. The van der Waals surface area contributed by atoms with Crippen LogP contribution in [-0.2, 0) is 29.0 Å². The number of benzene rings is 1. The number of ether oxygens (including phenoxy) is 1.